The van der Waals surface area contributed by atoms with Gasteiger partial charge >= 0.3 is 5.97 Å². The molecule has 0 saturated carbocycles. The van der Waals surface area contributed by atoms with Crippen molar-refractivity contribution < 1.29 is 14.3 Å². The second-order valence-corrected chi connectivity index (χ2v) is 7.66. The van der Waals surface area contributed by atoms with Crippen molar-refractivity contribution in [1.82, 2.24) is 4.57 Å². The van der Waals surface area contributed by atoms with Crippen LogP contribution in [0.2, 0.25) is 5.02 Å². The van der Waals surface area contributed by atoms with Crippen molar-refractivity contribution in [2.45, 2.75) is 26.9 Å². The molecule has 26 heavy (non-hydrogen) atoms. The van der Waals surface area contributed by atoms with Crippen LogP contribution in [0.25, 0.3) is 16.6 Å². The molecule has 0 amide bonds. The highest BCUT2D eigenvalue weighted by atomic mass is 127. The maximum absolute atomic E-state index is 12.6. The molecule has 4 nitrogen and oxygen atoms in total. The lowest BCUT2D eigenvalue weighted by molar-refractivity contribution is 0.0517. The summed E-state index contributed by atoms with van der Waals surface area (Å²) in [7, 11) is 0. The molecule has 136 valence electrons. The third-order valence-corrected chi connectivity index (χ3v) is 4.86. The topological polar surface area (TPSA) is 40.5 Å². The van der Waals surface area contributed by atoms with Gasteiger partial charge in [-0.25, -0.2) is 4.79 Å². The van der Waals surface area contributed by atoms with E-state index in [2.05, 4.69) is 22.6 Å². The molecule has 0 fully saturated rings. The fraction of sp³-hybridized carbons (Fsp3) is 0.250. The molecule has 6 heteroatoms. The number of fused-ring (bicyclic) bond motifs is 1. The minimum absolute atomic E-state index is 0.0971. The Morgan fingerprint density at radius 2 is 1.88 bits per heavy atom. The van der Waals surface area contributed by atoms with E-state index in [0.29, 0.717) is 10.7 Å². The third kappa shape index (κ3) is 3.69. The molecule has 2 aromatic carbocycles. The van der Waals surface area contributed by atoms with Gasteiger partial charge in [0.25, 0.3) is 0 Å². The molecule has 0 atom stereocenters. The van der Waals surface area contributed by atoms with E-state index in [-0.39, 0.29) is 12.7 Å². The van der Waals surface area contributed by atoms with E-state index in [0.717, 1.165) is 25.9 Å². The lowest BCUT2D eigenvalue weighted by Crippen LogP contribution is -2.11. The minimum atomic E-state index is -0.439. The Morgan fingerprint density at radius 3 is 2.50 bits per heavy atom. The lowest BCUT2D eigenvalue weighted by atomic mass is 10.2. The summed E-state index contributed by atoms with van der Waals surface area (Å²) in [5, 5.41) is 1.23. The van der Waals surface area contributed by atoms with Crippen LogP contribution in [0.4, 0.5) is 0 Å². The van der Waals surface area contributed by atoms with E-state index in [1.807, 2.05) is 60.9 Å². The summed E-state index contributed by atoms with van der Waals surface area (Å²) in [4.78, 5) is 12.6. The van der Waals surface area contributed by atoms with Crippen LogP contribution in [-0.4, -0.2) is 23.2 Å². The van der Waals surface area contributed by atoms with E-state index < -0.39 is 5.97 Å². The molecule has 3 rings (SSSR count). The number of carbonyl (C=O) groups is 1. The van der Waals surface area contributed by atoms with Crippen molar-refractivity contribution in [1.29, 1.82) is 0 Å². The quantitative estimate of drug-likeness (QED) is 0.337. The first kappa shape index (κ1) is 19.0. The molecule has 0 saturated heterocycles. The first-order valence-electron chi connectivity index (χ1n) is 8.36. The van der Waals surface area contributed by atoms with E-state index >= 15 is 0 Å². The predicted molar refractivity (Wildman–Crippen MR) is 113 cm³/mol. The van der Waals surface area contributed by atoms with Crippen molar-refractivity contribution in [3.05, 3.63) is 56.8 Å². The number of esters is 1. The van der Waals surface area contributed by atoms with Crippen LogP contribution < -0.4 is 4.74 Å². The van der Waals surface area contributed by atoms with Gasteiger partial charge < -0.3 is 14.0 Å². The van der Waals surface area contributed by atoms with Crippen LogP contribution >= 0.6 is 34.2 Å². The fourth-order valence-corrected chi connectivity index (χ4v) is 3.62. The summed E-state index contributed by atoms with van der Waals surface area (Å²) in [6.07, 6.45) is 0.0971. The van der Waals surface area contributed by atoms with Crippen molar-refractivity contribution in [2.75, 3.05) is 6.61 Å². The summed E-state index contributed by atoms with van der Waals surface area (Å²) < 4.78 is 13.8. The Morgan fingerprint density at radius 1 is 1.19 bits per heavy atom. The van der Waals surface area contributed by atoms with Gasteiger partial charge in [0.05, 0.1) is 23.3 Å². The largest absolute Gasteiger partial charge is 0.491 e. The molecule has 3 aromatic rings. The molecule has 0 N–H and O–H groups in total. The van der Waals surface area contributed by atoms with E-state index in [1.165, 1.54) is 0 Å². The number of halogens is 2. The second-order valence-electron chi connectivity index (χ2n) is 6.04. The molecular weight excluding hydrogens is 465 g/mol. The highest BCUT2D eigenvalue weighted by Crippen LogP contribution is 2.35. The SMILES string of the molecule is CCOC(=O)c1c(Cl)c2cc(I)ccc2n1-c1ccc(OC(C)C)cc1. The van der Waals surface area contributed by atoms with Crippen molar-refractivity contribution in [3.8, 4) is 11.4 Å². The monoisotopic (exact) mass is 483 g/mol. The smallest absolute Gasteiger partial charge is 0.356 e. The normalized spacial score (nSPS) is 11.2. The van der Waals surface area contributed by atoms with Crippen LogP contribution in [-0.2, 0) is 4.74 Å². The van der Waals surface area contributed by atoms with Gasteiger partial charge in [-0.1, -0.05) is 11.6 Å². The summed E-state index contributed by atoms with van der Waals surface area (Å²) >= 11 is 8.79. The molecule has 1 aromatic heterocycles. The van der Waals surface area contributed by atoms with Gasteiger partial charge in [-0.2, -0.15) is 0 Å². The summed E-state index contributed by atoms with van der Waals surface area (Å²) in [5.74, 6) is 0.338. The predicted octanol–water partition coefficient (Wildman–Crippen LogP) is 5.85. The second kappa shape index (κ2) is 7.88. The summed E-state index contributed by atoms with van der Waals surface area (Å²) in [6.45, 7) is 6.02. The number of aromatic nitrogens is 1. The molecule has 0 aliphatic heterocycles. The maximum Gasteiger partial charge on any atom is 0.356 e. The molecule has 0 unspecified atom stereocenters. The van der Waals surface area contributed by atoms with Gasteiger partial charge in [-0.15, -0.1) is 0 Å². The molecule has 0 spiro atoms. The number of hydrogen-bond donors (Lipinski definition) is 0. The van der Waals surface area contributed by atoms with Crippen LogP contribution in [0, 0.1) is 3.57 Å². The molecular formula is C20H19ClINO3. The number of ether oxygens (including phenoxy) is 2. The Balaban J connectivity index is 2.20. The average molecular weight is 484 g/mol. The number of carbonyl (C=O) groups excluding carboxylic acids is 1. The number of nitrogens with zero attached hydrogens (tertiary/aromatic N) is 1. The Labute approximate surface area is 171 Å². The molecule has 0 aliphatic carbocycles. The number of benzene rings is 2. The third-order valence-electron chi connectivity index (χ3n) is 3.80. The van der Waals surface area contributed by atoms with Gasteiger partial charge in [-0.05, 0) is 85.8 Å². The zero-order chi connectivity index (χ0) is 18.8. The highest BCUT2D eigenvalue weighted by Gasteiger charge is 2.24. The van der Waals surface area contributed by atoms with Crippen LogP contribution in [0.1, 0.15) is 31.3 Å². The molecule has 0 aliphatic rings. The van der Waals surface area contributed by atoms with Gasteiger partial charge in [0.2, 0.25) is 0 Å². The summed E-state index contributed by atoms with van der Waals surface area (Å²) in [5.41, 5.74) is 2.02. The fourth-order valence-electron chi connectivity index (χ4n) is 2.82. The van der Waals surface area contributed by atoms with Gasteiger partial charge in [0.15, 0.2) is 5.69 Å². The van der Waals surface area contributed by atoms with Crippen LogP contribution in [0.15, 0.2) is 42.5 Å². The van der Waals surface area contributed by atoms with Gasteiger partial charge in [0.1, 0.15) is 5.75 Å². The molecule has 1 heterocycles. The Hall–Kier alpha value is -1.73. The zero-order valence-corrected chi connectivity index (χ0v) is 17.7. The molecule has 0 radical (unpaired) electrons. The van der Waals surface area contributed by atoms with Gasteiger partial charge in [0, 0.05) is 14.6 Å². The van der Waals surface area contributed by atoms with Crippen molar-refractivity contribution >= 4 is 51.1 Å². The standard InChI is InChI=1S/C20H19ClINO3/c1-4-25-20(24)19-18(21)16-11-13(22)5-10-17(16)23(19)14-6-8-15(9-7-14)26-12(2)3/h5-12H,4H2,1-3H3. The average Bonchev–Trinajstić information content (AvgIpc) is 2.88. The van der Waals surface area contributed by atoms with E-state index in [4.69, 9.17) is 21.1 Å². The highest BCUT2D eigenvalue weighted by molar-refractivity contribution is 14.1. The lowest BCUT2D eigenvalue weighted by Gasteiger charge is -2.13. The summed E-state index contributed by atoms with van der Waals surface area (Å²) in [6, 6.07) is 13.5. The van der Waals surface area contributed by atoms with Crippen LogP contribution in [0.3, 0.4) is 0 Å². The Bertz CT molecular complexity index is 948. The van der Waals surface area contributed by atoms with Crippen molar-refractivity contribution in [3.63, 3.8) is 0 Å². The van der Waals surface area contributed by atoms with Gasteiger partial charge in [-0.3, -0.25) is 0 Å². The minimum Gasteiger partial charge on any atom is -0.491 e. The van der Waals surface area contributed by atoms with E-state index in [9.17, 15) is 4.79 Å². The van der Waals surface area contributed by atoms with E-state index in [1.54, 1.807) is 6.92 Å². The molecule has 0 bridgehead atoms. The zero-order valence-electron chi connectivity index (χ0n) is 14.8. The first-order chi connectivity index (χ1) is 12.4. The number of rotatable bonds is 5. The van der Waals surface area contributed by atoms with Crippen LogP contribution in [0.5, 0.6) is 5.75 Å². The maximum atomic E-state index is 12.6. The first-order valence-corrected chi connectivity index (χ1v) is 9.81. The Kier molecular flexibility index (Phi) is 5.77. The van der Waals surface area contributed by atoms with Crippen molar-refractivity contribution in [2.24, 2.45) is 0 Å². The number of hydrogen-bond acceptors (Lipinski definition) is 3.